The quantitative estimate of drug-likeness (QED) is 0.738. The number of nitrogens with zero attached hydrogens (tertiary/aromatic N) is 4. The van der Waals surface area contributed by atoms with Gasteiger partial charge in [0.05, 0.1) is 0 Å². The first-order chi connectivity index (χ1) is 11.2. The minimum atomic E-state index is -0.559. The van der Waals surface area contributed by atoms with Gasteiger partial charge in [-0.3, -0.25) is 9.20 Å². The van der Waals surface area contributed by atoms with Gasteiger partial charge in [-0.05, 0) is 25.3 Å². The maximum atomic E-state index is 12.6. The Kier molecular flexibility index (Phi) is 2.97. The van der Waals surface area contributed by atoms with E-state index in [2.05, 4.69) is 25.3 Å². The number of aromatic nitrogens is 5. The number of hydrogen-bond donors (Lipinski definition) is 2. The topological polar surface area (TPSA) is 105 Å². The van der Waals surface area contributed by atoms with Gasteiger partial charge in [0.2, 0.25) is 0 Å². The van der Waals surface area contributed by atoms with Crippen LogP contribution in [0.1, 0.15) is 35.6 Å². The molecule has 0 aromatic carbocycles. The average Bonchev–Trinajstić information content (AvgIpc) is 3.00. The highest BCUT2D eigenvalue weighted by Crippen LogP contribution is 2.39. The third kappa shape index (κ3) is 2.19. The van der Waals surface area contributed by atoms with Crippen LogP contribution in [-0.2, 0) is 5.54 Å². The van der Waals surface area contributed by atoms with E-state index in [1.165, 1.54) is 10.6 Å². The van der Waals surface area contributed by atoms with Crippen LogP contribution in [0.5, 0.6) is 0 Å². The van der Waals surface area contributed by atoms with E-state index in [4.69, 9.17) is 0 Å². The number of aromatic amines is 1. The minimum Gasteiger partial charge on any atom is -0.338 e. The summed E-state index contributed by atoms with van der Waals surface area (Å²) in [5.41, 5.74) is -0.353. The van der Waals surface area contributed by atoms with Gasteiger partial charge in [-0.2, -0.15) is 0 Å². The summed E-state index contributed by atoms with van der Waals surface area (Å²) in [6.07, 6.45) is 8.92. The Morgan fingerprint density at radius 3 is 2.70 bits per heavy atom. The van der Waals surface area contributed by atoms with Crippen LogP contribution in [0.3, 0.4) is 0 Å². The lowest BCUT2D eigenvalue weighted by Gasteiger charge is -2.40. The first kappa shape index (κ1) is 13.6. The van der Waals surface area contributed by atoms with E-state index in [0.29, 0.717) is 11.5 Å². The molecule has 23 heavy (non-hydrogen) atoms. The molecule has 1 aliphatic carbocycles. The predicted octanol–water partition coefficient (Wildman–Crippen LogP) is 0.622. The highest BCUT2D eigenvalue weighted by atomic mass is 16.2. The molecule has 3 heterocycles. The number of rotatable bonds is 3. The number of hydrogen-bond acceptors (Lipinski definition) is 5. The van der Waals surface area contributed by atoms with Crippen LogP contribution >= 0.6 is 0 Å². The molecule has 1 saturated carbocycles. The predicted molar refractivity (Wildman–Crippen MR) is 80.8 cm³/mol. The first-order valence-corrected chi connectivity index (χ1v) is 7.34. The highest BCUT2D eigenvalue weighted by Gasteiger charge is 2.42. The molecule has 1 fully saturated rings. The number of nitrogens with one attached hydrogen (secondary N) is 2. The molecular weight excluding hydrogens is 296 g/mol. The highest BCUT2D eigenvalue weighted by molar-refractivity contribution is 5.93. The van der Waals surface area contributed by atoms with Gasteiger partial charge in [-0.1, -0.05) is 0 Å². The van der Waals surface area contributed by atoms with E-state index in [1.54, 1.807) is 30.7 Å². The maximum absolute atomic E-state index is 12.6. The molecule has 0 spiro atoms. The van der Waals surface area contributed by atoms with Crippen molar-refractivity contribution in [2.45, 2.75) is 24.8 Å². The zero-order chi connectivity index (χ0) is 15.9. The van der Waals surface area contributed by atoms with Crippen molar-refractivity contribution in [2.75, 3.05) is 0 Å². The number of carbonyl (C=O) groups excluding carboxylic acids is 1. The lowest BCUT2D eigenvalue weighted by Crippen LogP contribution is -2.52. The van der Waals surface area contributed by atoms with E-state index in [-0.39, 0.29) is 11.6 Å². The fourth-order valence-electron chi connectivity index (χ4n) is 2.82. The standard InChI is InChI=1S/C15H14N6O2/c22-12(10-9-11-16-7-8-21(11)14(23)19-10)20-15(3-1-4-15)13-17-5-2-6-18-13/h2,5-9H,1,3-4H2,(H,19,23)(H,20,22). The summed E-state index contributed by atoms with van der Waals surface area (Å²) in [7, 11) is 0. The molecule has 1 amide bonds. The molecule has 0 unspecified atom stereocenters. The lowest BCUT2D eigenvalue weighted by atomic mass is 9.76. The first-order valence-electron chi connectivity index (χ1n) is 7.34. The molecule has 2 N–H and O–H groups in total. The largest absolute Gasteiger partial charge is 0.338 e. The smallest absolute Gasteiger partial charge is 0.331 e. The molecule has 1 aliphatic rings. The molecule has 0 saturated heterocycles. The second-order valence-electron chi connectivity index (χ2n) is 5.61. The van der Waals surface area contributed by atoms with E-state index in [1.807, 2.05) is 0 Å². The Bertz CT molecular complexity index is 926. The van der Waals surface area contributed by atoms with Crippen molar-refractivity contribution in [3.63, 3.8) is 0 Å². The van der Waals surface area contributed by atoms with Gasteiger partial charge in [-0.15, -0.1) is 0 Å². The number of H-pyrrole nitrogens is 1. The van der Waals surface area contributed by atoms with Crippen molar-refractivity contribution in [2.24, 2.45) is 0 Å². The van der Waals surface area contributed by atoms with Gasteiger partial charge in [0, 0.05) is 30.9 Å². The van der Waals surface area contributed by atoms with Crippen molar-refractivity contribution in [3.05, 3.63) is 58.9 Å². The summed E-state index contributed by atoms with van der Waals surface area (Å²) < 4.78 is 1.34. The van der Waals surface area contributed by atoms with Crippen molar-refractivity contribution in [3.8, 4) is 0 Å². The van der Waals surface area contributed by atoms with Gasteiger partial charge >= 0.3 is 5.69 Å². The molecular formula is C15H14N6O2. The Labute approximate surface area is 130 Å². The van der Waals surface area contributed by atoms with E-state index in [9.17, 15) is 9.59 Å². The van der Waals surface area contributed by atoms with Gasteiger partial charge in [0.25, 0.3) is 5.91 Å². The molecule has 116 valence electrons. The monoisotopic (exact) mass is 310 g/mol. The normalized spacial score (nSPS) is 16.0. The van der Waals surface area contributed by atoms with Crippen molar-refractivity contribution >= 4 is 11.6 Å². The van der Waals surface area contributed by atoms with Gasteiger partial charge in [0.15, 0.2) is 5.82 Å². The van der Waals surface area contributed by atoms with Crippen LogP contribution in [0.25, 0.3) is 5.65 Å². The number of fused-ring (bicyclic) bond motifs is 1. The average molecular weight is 310 g/mol. The van der Waals surface area contributed by atoms with Crippen LogP contribution < -0.4 is 11.0 Å². The fourth-order valence-corrected chi connectivity index (χ4v) is 2.82. The molecule has 0 bridgehead atoms. The summed E-state index contributed by atoms with van der Waals surface area (Å²) in [5.74, 6) is 0.239. The minimum absolute atomic E-state index is 0.177. The zero-order valence-electron chi connectivity index (χ0n) is 12.2. The van der Waals surface area contributed by atoms with Gasteiger partial charge in [0.1, 0.15) is 16.9 Å². The lowest BCUT2D eigenvalue weighted by molar-refractivity contribution is 0.0803. The molecule has 3 aromatic rings. The zero-order valence-corrected chi connectivity index (χ0v) is 12.2. The third-order valence-electron chi connectivity index (χ3n) is 4.20. The summed E-state index contributed by atoms with van der Waals surface area (Å²) in [6, 6.07) is 3.29. The van der Waals surface area contributed by atoms with Crippen molar-refractivity contribution in [1.29, 1.82) is 0 Å². The van der Waals surface area contributed by atoms with Gasteiger partial charge < -0.3 is 10.3 Å². The second kappa shape index (κ2) is 5.01. The van der Waals surface area contributed by atoms with Gasteiger partial charge in [-0.25, -0.2) is 19.7 Å². The molecule has 0 aliphatic heterocycles. The molecule has 4 rings (SSSR count). The molecule has 0 radical (unpaired) electrons. The summed E-state index contributed by atoms with van der Waals surface area (Å²) >= 11 is 0. The van der Waals surface area contributed by atoms with Crippen molar-refractivity contribution in [1.82, 2.24) is 29.7 Å². The van der Waals surface area contributed by atoms with Crippen molar-refractivity contribution < 1.29 is 4.79 Å². The Morgan fingerprint density at radius 1 is 1.22 bits per heavy atom. The molecule has 8 nitrogen and oxygen atoms in total. The third-order valence-corrected chi connectivity index (χ3v) is 4.20. The molecule has 0 atom stereocenters. The summed E-state index contributed by atoms with van der Waals surface area (Å²) in [6.45, 7) is 0. The van der Waals surface area contributed by atoms with Crippen LogP contribution in [0, 0.1) is 0 Å². The Balaban J connectivity index is 1.67. The number of amides is 1. The fraction of sp³-hybridized carbons (Fsp3) is 0.267. The second-order valence-corrected chi connectivity index (χ2v) is 5.61. The van der Waals surface area contributed by atoms with Crippen LogP contribution in [0.4, 0.5) is 0 Å². The Morgan fingerprint density at radius 2 is 2.00 bits per heavy atom. The number of carbonyl (C=O) groups is 1. The molecule has 8 heteroatoms. The van der Waals surface area contributed by atoms with E-state index in [0.717, 1.165) is 19.3 Å². The van der Waals surface area contributed by atoms with Crippen LogP contribution in [0.2, 0.25) is 0 Å². The van der Waals surface area contributed by atoms with Crippen LogP contribution in [0.15, 0.2) is 41.7 Å². The van der Waals surface area contributed by atoms with Crippen LogP contribution in [-0.4, -0.2) is 30.2 Å². The number of imidazole rings is 1. The SMILES string of the molecule is O=C(NC1(c2ncccn2)CCC1)c1cc2nccn2c(=O)[nH]1. The Hall–Kier alpha value is -3.03. The summed E-state index contributed by atoms with van der Waals surface area (Å²) in [5, 5.41) is 2.98. The van der Waals surface area contributed by atoms with E-state index < -0.39 is 11.2 Å². The maximum Gasteiger partial charge on any atom is 0.331 e. The molecule has 3 aromatic heterocycles. The van der Waals surface area contributed by atoms with E-state index >= 15 is 0 Å². The summed E-state index contributed by atoms with van der Waals surface area (Å²) in [4.78, 5) is 39.7.